The van der Waals surface area contributed by atoms with Gasteiger partial charge in [-0.25, -0.2) is 0 Å². The molecule has 2 aliphatic heterocycles. The van der Waals surface area contributed by atoms with Crippen LogP contribution in [0.3, 0.4) is 0 Å². The fraction of sp³-hybridized carbons (Fsp3) is 0.150. The van der Waals surface area contributed by atoms with Gasteiger partial charge in [-0.05, 0) is 18.6 Å². The number of anilines is 1. The molecule has 0 saturated carbocycles. The lowest BCUT2D eigenvalue weighted by Crippen LogP contribution is -2.27. The molecule has 0 aliphatic carbocycles. The van der Waals surface area contributed by atoms with E-state index in [1.165, 1.54) is 6.07 Å². The second kappa shape index (κ2) is 6.18. The highest BCUT2D eigenvalue weighted by atomic mass is 16.6. The molecular formula is C20H16N4O3. The van der Waals surface area contributed by atoms with Gasteiger partial charge in [-0.2, -0.15) is 5.26 Å². The van der Waals surface area contributed by atoms with E-state index >= 15 is 0 Å². The van der Waals surface area contributed by atoms with Gasteiger partial charge in [0.05, 0.1) is 10.8 Å². The van der Waals surface area contributed by atoms with Crippen LogP contribution in [0.25, 0.3) is 5.76 Å². The molecule has 0 saturated heterocycles. The number of ether oxygens (including phenoxy) is 1. The predicted octanol–water partition coefficient (Wildman–Crippen LogP) is 3.55. The van der Waals surface area contributed by atoms with E-state index in [9.17, 15) is 15.4 Å². The molecule has 0 spiro atoms. The van der Waals surface area contributed by atoms with Crippen molar-refractivity contribution in [3.63, 3.8) is 0 Å². The molecule has 2 aliphatic rings. The van der Waals surface area contributed by atoms with Crippen molar-refractivity contribution in [1.82, 2.24) is 0 Å². The molecule has 7 nitrogen and oxygen atoms in total. The summed E-state index contributed by atoms with van der Waals surface area (Å²) in [6, 6.07) is 14.8. The van der Waals surface area contributed by atoms with E-state index in [0.29, 0.717) is 29.1 Å². The molecule has 0 aromatic heterocycles. The molecule has 0 radical (unpaired) electrons. The highest BCUT2D eigenvalue weighted by molar-refractivity contribution is 5.86. The number of hydrogen-bond donors (Lipinski definition) is 2. The maximum absolute atomic E-state index is 11.3. The Hall–Kier alpha value is -3.79. The summed E-state index contributed by atoms with van der Waals surface area (Å²) in [6.07, 6.45) is 0. The normalized spacial score (nSPS) is 18.0. The van der Waals surface area contributed by atoms with E-state index < -0.39 is 4.92 Å². The molecule has 7 heteroatoms. The van der Waals surface area contributed by atoms with Crippen molar-refractivity contribution in [2.75, 3.05) is 11.9 Å². The SMILES string of the molecule is Cc1ccc(C2C(C#N)=C(N)OC3=C2CNc2c3cccc2[N+](=O)[O-])cc1. The van der Waals surface area contributed by atoms with Gasteiger partial charge in [-0.15, -0.1) is 0 Å². The van der Waals surface area contributed by atoms with Crippen LogP contribution < -0.4 is 11.1 Å². The maximum atomic E-state index is 11.3. The number of nitriles is 1. The van der Waals surface area contributed by atoms with Crippen LogP contribution in [-0.4, -0.2) is 11.5 Å². The van der Waals surface area contributed by atoms with Gasteiger partial charge in [0.1, 0.15) is 23.1 Å². The summed E-state index contributed by atoms with van der Waals surface area (Å²) >= 11 is 0. The van der Waals surface area contributed by atoms with Crippen LogP contribution in [0.4, 0.5) is 11.4 Å². The van der Waals surface area contributed by atoms with Crippen molar-refractivity contribution in [3.05, 3.63) is 86.3 Å². The van der Waals surface area contributed by atoms with Gasteiger partial charge < -0.3 is 15.8 Å². The van der Waals surface area contributed by atoms with Crippen LogP contribution in [0, 0.1) is 28.4 Å². The summed E-state index contributed by atoms with van der Waals surface area (Å²) in [7, 11) is 0. The van der Waals surface area contributed by atoms with Crippen LogP contribution in [0.5, 0.6) is 0 Å². The quantitative estimate of drug-likeness (QED) is 0.625. The summed E-state index contributed by atoms with van der Waals surface area (Å²) < 4.78 is 5.78. The number of aryl methyl sites for hydroxylation is 1. The fourth-order valence-corrected chi connectivity index (χ4v) is 3.59. The number of nitro benzene ring substituents is 1. The Labute approximate surface area is 155 Å². The number of nitrogens with one attached hydrogen (secondary N) is 1. The third-order valence-corrected chi connectivity index (χ3v) is 4.88. The molecule has 1 atom stereocenters. The highest BCUT2D eigenvalue weighted by Crippen LogP contribution is 2.47. The third-order valence-electron chi connectivity index (χ3n) is 4.88. The van der Waals surface area contributed by atoms with Gasteiger partial charge in [0.15, 0.2) is 0 Å². The van der Waals surface area contributed by atoms with Crippen LogP contribution in [0.2, 0.25) is 0 Å². The van der Waals surface area contributed by atoms with Gasteiger partial charge in [0, 0.05) is 23.7 Å². The van der Waals surface area contributed by atoms with E-state index in [2.05, 4.69) is 11.4 Å². The summed E-state index contributed by atoms with van der Waals surface area (Å²) in [4.78, 5) is 10.9. The molecule has 3 N–H and O–H groups in total. The molecular weight excluding hydrogens is 344 g/mol. The smallest absolute Gasteiger partial charge is 0.293 e. The molecule has 27 heavy (non-hydrogen) atoms. The third kappa shape index (κ3) is 2.59. The molecule has 2 aromatic carbocycles. The van der Waals surface area contributed by atoms with Crippen LogP contribution in [0.1, 0.15) is 22.6 Å². The Balaban J connectivity index is 1.92. The van der Waals surface area contributed by atoms with Crippen LogP contribution in [-0.2, 0) is 4.74 Å². The van der Waals surface area contributed by atoms with Crippen molar-refractivity contribution < 1.29 is 9.66 Å². The number of nitrogens with zero attached hydrogens (tertiary/aromatic N) is 2. The van der Waals surface area contributed by atoms with E-state index in [1.54, 1.807) is 12.1 Å². The zero-order valence-electron chi connectivity index (χ0n) is 14.5. The monoisotopic (exact) mass is 360 g/mol. The standard InChI is InChI=1S/C20H16N4O3/c1-11-5-7-12(8-6-11)17-14(9-21)20(22)27-19-13-3-2-4-16(24(25)26)18(13)23-10-15(17)19/h2-8,17,23H,10,22H2,1H3. The average Bonchev–Trinajstić information content (AvgIpc) is 2.67. The Morgan fingerprint density at radius 2 is 2.04 bits per heavy atom. The Kier molecular flexibility index (Phi) is 3.81. The lowest BCUT2D eigenvalue weighted by atomic mass is 9.80. The van der Waals surface area contributed by atoms with E-state index in [-0.39, 0.29) is 17.5 Å². The lowest BCUT2D eigenvalue weighted by Gasteiger charge is -2.33. The Morgan fingerprint density at radius 1 is 1.30 bits per heavy atom. The van der Waals surface area contributed by atoms with Gasteiger partial charge >= 0.3 is 0 Å². The lowest BCUT2D eigenvalue weighted by molar-refractivity contribution is -0.384. The topological polar surface area (TPSA) is 114 Å². The van der Waals surface area contributed by atoms with Crippen molar-refractivity contribution in [3.8, 4) is 6.07 Å². The Bertz CT molecular complexity index is 1060. The largest absolute Gasteiger partial charge is 0.440 e. The molecule has 1 unspecified atom stereocenters. The fourth-order valence-electron chi connectivity index (χ4n) is 3.59. The molecule has 4 rings (SSSR count). The first-order valence-electron chi connectivity index (χ1n) is 8.40. The van der Waals surface area contributed by atoms with E-state index in [4.69, 9.17) is 10.5 Å². The first-order valence-corrected chi connectivity index (χ1v) is 8.40. The second-order valence-corrected chi connectivity index (χ2v) is 6.50. The molecule has 2 aromatic rings. The number of nitrogens with two attached hydrogens (primary N) is 1. The number of para-hydroxylation sites is 1. The number of nitro groups is 1. The van der Waals surface area contributed by atoms with Crippen molar-refractivity contribution >= 4 is 17.1 Å². The first kappa shape index (κ1) is 16.7. The van der Waals surface area contributed by atoms with Gasteiger partial charge in [-0.1, -0.05) is 35.9 Å². The number of hydrogen-bond acceptors (Lipinski definition) is 6. The average molecular weight is 360 g/mol. The number of allylic oxidation sites excluding steroid dienone is 1. The number of benzene rings is 2. The van der Waals surface area contributed by atoms with Crippen LogP contribution in [0.15, 0.2) is 59.5 Å². The highest BCUT2D eigenvalue weighted by Gasteiger charge is 2.37. The molecule has 0 amide bonds. The molecule has 134 valence electrons. The number of rotatable bonds is 2. The summed E-state index contributed by atoms with van der Waals surface area (Å²) in [5.41, 5.74) is 10.2. The molecule has 0 bridgehead atoms. The van der Waals surface area contributed by atoms with Gasteiger partial charge in [0.2, 0.25) is 5.88 Å². The first-order chi connectivity index (χ1) is 13.0. The van der Waals surface area contributed by atoms with E-state index in [1.807, 2.05) is 31.2 Å². The van der Waals surface area contributed by atoms with Gasteiger partial charge in [0.25, 0.3) is 5.69 Å². The molecule has 0 fully saturated rings. The minimum absolute atomic E-state index is 0.0248. The van der Waals surface area contributed by atoms with Gasteiger partial charge in [-0.3, -0.25) is 10.1 Å². The van der Waals surface area contributed by atoms with E-state index in [0.717, 1.165) is 16.7 Å². The van der Waals surface area contributed by atoms with Crippen molar-refractivity contribution in [2.24, 2.45) is 5.73 Å². The summed E-state index contributed by atoms with van der Waals surface area (Å²) in [6.45, 7) is 2.32. The predicted molar refractivity (Wildman–Crippen MR) is 100 cm³/mol. The van der Waals surface area contributed by atoms with Crippen LogP contribution >= 0.6 is 0 Å². The maximum Gasteiger partial charge on any atom is 0.293 e. The minimum atomic E-state index is -0.433. The van der Waals surface area contributed by atoms with Crippen molar-refractivity contribution in [1.29, 1.82) is 5.26 Å². The minimum Gasteiger partial charge on any atom is -0.440 e. The molecule has 2 heterocycles. The Morgan fingerprint density at radius 3 is 2.70 bits per heavy atom. The zero-order valence-corrected chi connectivity index (χ0v) is 14.5. The van der Waals surface area contributed by atoms with Crippen molar-refractivity contribution in [2.45, 2.75) is 12.8 Å². The second-order valence-electron chi connectivity index (χ2n) is 6.50. The summed E-state index contributed by atoms with van der Waals surface area (Å²) in [5, 5.41) is 24.1. The zero-order chi connectivity index (χ0) is 19.1. The number of fused-ring (bicyclic) bond motifs is 2. The summed E-state index contributed by atoms with van der Waals surface area (Å²) in [5.74, 6) is 0.148.